The zero-order valence-corrected chi connectivity index (χ0v) is 10.8. The summed E-state index contributed by atoms with van der Waals surface area (Å²) >= 11 is 2.07. The third-order valence-electron chi connectivity index (χ3n) is 3.11. The number of nitrogens with one attached hydrogen (secondary N) is 1. The Morgan fingerprint density at radius 3 is 3.19 bits per heavy atom. The highest BCUT2D eigenvalue weighted by atomic mass is 32.2. The molecule has 1 aliphatic heterocycles. The Bertz CT molecular complexity index is 321. The molecule has 0 amide bonds. The first-order valence-corrected chi connectivity index (χ1v) is 7.08. The summed E-state index contributed by atoms with van der Waals surface area (Å²) in [5.74, 6) is 3.14. The van der Waals surface area contributed by atoms with Gasteiger partial charge in [-0.25, -0.2) is 4.98 Å². The van der Waals surface area contributed by atoms with Crippen LogP contribution in [-0.4, -0.2) is 23.0 Å². The fraction of sp³-hybridized carbons (Fsp3) is 0.750. The lowest BCUT2D eigenvalue weighted by Crippen LogP contribution is -2.13. The summed E-state index contributed by atoms with van der Waals surface area (Å²) < 4.78 is 5.75. The number of oxazole rings is 1. The topological polar surface area (TPSA) is 38.1 Å². The van der Waals surface area contributed by atoms with Gasteiger partial charge in [-0.3, -0.25) is 0 Å². The SMILES string of the molecule is CNC(C)c1cnc(CC2CCCCS2)o1. The summed E-state index contributed by atoms with van der Waals surface area (Å²) in [5.41, 5.74) is 0. The Hall–Kier alpha value is -0.480. The van der Waals surface area contributed by atoms with Gasteiger partial charge in [-0.1, -0.05) is 6.42 Å². The summed E-state index contributed by atoms with van der Waals surface area (Å²) in [4.78, 5) is 4.36. The van der Waals surface area contributed by atoms with E-state index < -0.39 is 0 Å². The summed E-state index contributed by atoms with van der Waals surface area (Å²) in [6.07, 6.45) is 6.88. The molecule has 2 heterocycles. The molecule has 90 valence electrons. The molecule has 0 spiro atoms. The maximum Gasteiger partial charge on any atom is 0.195 e. The molecule has 0 saturated carbocycles. The van der Waals surface area contributed by atoms with Crippen LogP contribution < -0.4 is 5.32 Å². The van der Waals surface area contributed by atoms with E-state index in [1.54, 1.807) is 0 Å². The van der Waals surface area contributed by atoms with E-state index in [2.05, 4.69) is 29.0 Å². The maximum absolute atomic E-state index is 5.75. The third-order valence-corrected chi connectivity index (χ3v) is 4.51. The number of aromatic nitrogens is 1. The molecular weight excluding hydrogens is 220 g/mol. The fourth-order valence-electron chi connectivity index (χ4n) is 1.92. The zero-order chi connectivity index (χ0) is 11.4. The Balaban J connectivity index is 1.91. The lowest BCUT2D eigenvalue weighted by Gasteiger charge is -2.19. The van der Waals surface area contributed by atoms with Gasteiger partial charge in [-0.2, -0.15) is 11.8 Å². The van der Waals surface area contributed by atoms with Crippen molar-refractivity contribution in [1.82, 2.24) is 10.3 Å². The van der Waals surface area contributed by atoms with Crippen LogP contribution in [0.2, 0.25) is 0 Å². The molecule has 0 aliphatic carbocycles. The fourth-order valence-corrected chi connectivity index (χ4v) is 3.22. The maximum atomic E-state index is 5.75. The minimum atomic E-state index is 0.250. The van der Waals surface area contributed by atoms with Crippen molar-refractivity contribution in [2.75, 3.05) is 12.8 Å². The largest absolute Gasteiger partial charge is 0.444 e. The molecule has 16 heavy (non-hydrogen) atoms. The van der Waals surface area contributed by atoms with Crippen LogP contribution in [0.25, 0.3) is 0 Å². The number of hydrogen-bond donors (Lipinski definition) is 1. The second-order valence-electron chi connectivity index (χ2n) is 4.36. The molecule has 1 aromatic rings. The van der Waals surface area contributed by atoms with Crippen LogP contribution in [0.15, 0.2) is 10.6 Å². The molecule has 4 heteroatoms. The molecule has 3 nitrogen and oxygen atoms in total. The average molecular weight is 240 g/mol. The molecular formula is C12H20N2OS. The quantitative estimate of drug-likeness (QED) is 0.878. The van der Waals surface area contributed by atoms with Gasteiger partial charge in [-0.15, -0.1) is 0 Å². The first kappa shape index (κ1) is 12.0. The Kier molecular flexibility index (Phi) is 4.29. The summed E-state index contributed by atoms with van der Waals surface area (Å²) in [5, 5.41) is 3.87. The molecule has 1 N–H and O–H groups in total. The second-order valence-corrected chi connectivity index (χ2v) is 5.77. The number of rotatable bonds is 4. The molecule has 2 unspecified atom stereocenters. The zero-order valence-electron chi connectivity index (χ0n) is 10.0. The van der Waals surface area contributed by atoms with E-state index in [1.807, 2.05) is 13.2 Å². The van der Waals surface area contributed by atoms with Gasteiger partial charge in [-0.05, 0) is 32.6 Å². The van der Waals surface area contributed by atoms with Crippen LogP contribution in [0.1, 0.15) is 43.9 Å². The van der Waals surface area contributed by atoms with Gasteiger partial charge in [0.1, 0.15) is 5.76 Å². The van der Waals surface area contributed by atoms with Crippen LogP contribution in [0.5, 0.6) is 0 Å². The highest BCUT2D eigenvalue weighted by Gasteiger charge is 2.18. The van der Waals surface area contributed by atoms with E-state index in [4.69, 9.17) is 4.42 Å². The van der Waals surface area contributed by atoms with Gasteiger partial charge in [0.2, 0.25) is 0 Å². The average Bonchev–Trinajstić information content (AvgIpc) is 2.78. The van der Waals surface area contributed by atoms with Gasteiger partial charge in [0.25, 0.3) is 0 Å². The van der Waals surface area contributed by atoms with E-state index in [9.17, 15) is 0 Å². The molecule has 0 aromatic carbocycles. The molecule has 2 atom stereocenters. The molecule has 1 saturated heterocycles. The van der Waals surface area contributed by atoms with Crippen LogP contribution >= 0.6 is 11.8 Å². The van der Waals surface area contributed by atoms with Crippen molar-refractivity contribution >= 4 is 11.8 Å². The number of nitrogens with zero attached hydrogens (tertiary/aromatic N) is 1. The van der Waals surface area contributed by atoms with Crippen molar-refractivity contribution < 1.29 is 4.42 Å². The van der Waals surface area contributed by atoms with Crippen LogP contribution in [0, 0.1) is 0 Å². The molecule has 1 aromatic heterocycles. The standard InChI is InChI=1S/C12H20N2OS/c1-9(13-2)11-8-14-12(15-11)7-10-5-3-4-6-16-10/h8-10,13H,3-7H2,1-2H3. The van der Waals surface area contributed by atoms with Gasteiger partial charge in [0, 0.05) is 11.7 Å². The minimum Gasteiger partial charge on any atom is -0.444 e. The highest BCUT2D eigenvalue weighted by molar-refractivity contribution is 7.99. The van der Waals surface area contributed by atoms with Gasteiger partial charge < -0.3 is 9.73 Å². The first-order valence-electron chi connectivity index (χ1n) is 6.03. The number of hydrogen-bond acceptors (Lipinski definition) is 4. The predicted octanol–water partition coefficient (Wildman–Crippen LogP) is 2.78. The van der Waals surface area contributed by atoms with Gasteiger partial charge in [0.15, 0.2) is 5.89 Å². The van der Waals surface area contributed by atoms with Crippen LogP contribution in [-0.2, 0) is 6.42 Å². The molecule has 1 aliphatic rings. The monoisotopic (exact) mass is 240 g/mol. The normalized spacial score (nSPS) is 23.2. The molecule has 0 radical (unpaired) electrons. The van der Waals surface area contributed by atoms with Crippen molar-refractivity contribution in [1.29, 1.82) is 0 Å². The van der Waals surface area contributed by atoms with Crippen molar-refractivity contribution in [2.24, 2.45) is 0 Å². The van der Waals surface area contributed by atoms with Crippen molar-refractivity contribution in [3.05, 3.63) is 17.8 Å². The predicted molar refractivity (Wildman–Crippen MR) is 67.8 cm³/mol. The van der Waals surface area contributed by atoms with E-state index >= 15 is 0 Å². The lowest BCUT2D eigenvalue weighted by atomic mass is 10.1. The van der Waals surface area contributed by atoms with Crippen molar-refractivity contribution in [2.45, 2.75) is 43.9 Å². The third kappa shape index (κ3) is 3.01. The summed E-state index contributed by atoms with van der Waals surface area (Å²) in [7, 11) is 1.93. The Morgan fingerprint density at radius 2 is 2.50 bits per heavy atom. The highest BCUT2D eigenvalue weighted by Crippen LogP contribution is 2.28. The van der Waals surface area contributed by atoms with E-state index in [-0.39, 0.29) is 6.04 Å². The van der Waals surface area contributed by atoms with Crippen LogP contribution in [0.3, 0.4) is 0 Å². The van der Waals surface area contributed by atoms with Crippen LogP contribution in [0.4, 0.5) is 0 Å². The van der Waals surface area contributed by atoms with Crippen molar-refractivity contribution in [3.8, 4) is 0 Å². The van der Waals surface area contributed by atoms with Crippen molar-refractivity contribution in [3.63, 3.8) is 0 Å². The Labute approximate surface area is 101 Å². The molecule has 2 rings (SSSR count). The van der Waals surface area contributed by atoms with E-state index in [0.717, 1.165) is 18.1 Å². The minimum absolute atomic E-state index is 0.250. The van der Waals surface area contributed by atoms with E-state index in [0.29, 0.717) is 5.25 Å². The smallest absolute Gasteiger partial charge is 0.195 e. The molecule has 1 fully saturated rings. The number of thioether (sulfide) groups is 1. The van der Waals surface area contributed by atoms with Gasteiger partial charge in [0.05, 0.1) is 12.2 Å². The first-order chi connectivity index (χ1) is 7.79. The Morgan fingerprint density at radius 1 is 1.62 bits per heavy atom. The summed E-state index contributed by atoms with van der Waals surface area (Å²) in [6, 6.07) is 0.250. The summed E-state index contributed by atoms with van der Waals surface area (Å²) in [6.45, 7) is 2.08. The molecule has 0 bridgehead atoms. The second kappa shape index (κ2) is 5.73. The van der Waals surface area contributed by atoms with E-state index in [1.165, 1.54) is 25.0 Å². The lowest BCUT2D eigenvalue weighted by molar-refractivity contribution is 0.409. The van der Waals surface area contributed by atoms with Gasteiger partial charge >= 0.3 is 0 Å².